The van der Waals surface area contributed by atoms with E-state index in [1.165, 1.54) is 0 Å². The zero-order valence-electron chi connectivity index (χ0n) is 16.9. The third-order valence-electron chi connectivity index (χ3n) is 5.65. The molecule has 3 unspecified atom stereocenters. The highest BCUT2D eigenvalue weighted by atomic mass is 19.1. The monoisotopic (exact) mass is 433 g/mol. The lowest BCUT2D eigenvalue weighted by molar-refractivity contribution is -0.124. The second kappa shape index (κ2) is 9.17. The molecule has 0 aromatic heterocycles. The summed E-state index contributed by atoms with van der Waals surface area (Å²) in [4.78, 5) is 15.9. The number of nitrogens with two attached hydrogens (primary N) is 1. The van der Waals surface area contributed by atoms with Gasteiger partial charge in [0, 0.05) is 38.8 Å². The minimum Gasteiger partial charge on any atom is -0.486 e. The van der Waals surface area contributed by atoms with Crippen molar-refractivity contribution in [3.8, 4) is 11.5 Å². The van der Waals surface area contributed by atoms with Crippen LogP contribution < -0.4 is 15.2 Å². The van der Waals surface area contributed by atoms with Crippen molar-refractivity contribution >= 4 is 5.91 Å². The van der Waals surface area contributed by atoms with Crippen molar-refractivity contribution in [2.75, 3.05) is 39.3 Å². The van der Waals surface area contributed by atoms with Gasteiger partial charge in [0.1, 0.15) is 30.4 Å². The molecule has 2 aliphatic heterocycles. The first-order valence-electron chi connectivity index (χ1n) is 10.2. The number of hydrogen-bond acceptors (Lipinski definition) is 6. The number of β-amino-alcohol motifs (C(OH)–C–C–N with tert-alkyl or cyclic N) is 1. The molecule has 0 aliphatic carbocycles. The number of rotatable bonds is 6. The predicted octanol–water partition coefficient (Wildman–Crippen LogP) is 1.31. The summed E-state index contributed by atoms with van der Waals surface area (Å²) < 4.78 is 38.8. The van der Waals surface area contributed by atoms with Gasteiger partial charge in [-0.3, -0.25) is 14.6 Å². The highest BCUT2D eigenvalue weighted by molar-refractivity contribution is 5.81. The van der Waals surface area contributed by atoms with Crippen LogP contribution in [0.15, 0.2) is 42.5 Å². The van der Waals surface area contributed by atoms with Crippen molar-refractivity contribution in [1.82, 2.24) is 9.80 Å². The molecule has 1 fully saturated rings. The van der Waals surface area contributed by atoms with Crippen LogP contribution >= 0.6 is 0 Å². The fraction of sp³-hybridized carbons (Fsp3) is 0.409. The number of carbonyl (C=O) groups is 1. The Kier molecular flexibility index (Phi) is 6.35. The Morgan fingerprint density at radius 3 is 2.39 bits per heavy atom. The molecule has 0 radical (unpaired) electrons. The number of carbonyl (C=O) groups excluding carboxylic acids is 1. The topological polar surface area (TPSA) is 88.3 Å². The summed E-state index contributed by atoms with van der Waals surface area (Å²) in [6.07, 6.45) is -1.24. The molecular formula is C22H25F2N3O4. The molecule has 3 atom stereocenters. The van der Waals surface area contributed by atoms with Crippen LogP contribution in [0.1, 0.15) is 11.6 Å². The van der Waals surface area contributed by atoms with Crippen LogP contribution in [0.25, 0.3) is 0 Å². The number of ether oxygens (including phenoxy) is 2. The van der Waals surface area contributed by atoms with E-state index < -0.39 is 35.8 Å². The van der Waals surface area contributed by atoms with Gasteiger partial charge < -0.3 is 20.3 Å². The number of piperazine rings is 1. The summed E-state index contributed by atoms with van der Waals surface area (Å²) in [7, 11) is 0. The van der Waals surface area contributed by atoms with Crippen molar-refractivity contribution in [3.63, 3.8) is 0 Å². The summed E-state index contributed by atoms with van der Waals surface area (Å²) in [6.45, 7) is 2.67. The highest BCUT2D eigenvalue weighted by Crippen LogP contribution is 2.32. The third kappa shape index (κ3) is 4.95. The van der Waals surface area contributed by atoms with Gasteiger partial charge >= 0.3 is 0 Å². The van der Waals surface area contributed by atoms with E-state index in [4.69, 9.17) is 15.2 Å². The van der Waals surface area contributed by atoms with Crippen LogP contribution in [0, 0.1) is 11.6 Å². The van der Waals surface area contributed by atoms with E-state index in [0.29, 0.717) is 44.2 Å². The number of aliphatic hydroxyl groups is 1. The number of aliphatic hydroxyl groups excluding tert-OH is 1. The lowest BCUT2D eigenvalue weighted by Crippen LogP contribution is -2.54. The third-order valence-corrected chi connectivity index (χ3v) is 5.65. The SMILES string of the molecule is NC(=O)C(c1cc(F)cc(F)c1)N1CCN(CC(O)C2COc3ccccc3O2)CC1. The molecule has 1 amide bonds. The zero-order chi connectivity index (χ0) is 22.0. The number of primary amides is 1. The molecule has 166 valence electrons. The second-order valence-electron chi connectivity index (χ2n) is 7.83. The number of halogens is 2. The summed E-state index contributed by atoms with van der Waals surface area (Å²) in [5, 5.41) is 10.6. The maximum Gasteiger partial charge on any atom is 0.239 e. The smallest absolute Gasteiger partial charge is 0.239 e. The van der Waals surface area contributed by atoms with Gasteiger partial charge in [-0.05, 0) is 29.8 Å². The number of benzene rings is 2. The molecule has 4 rings (SSSR count). The van der Waals surface area contributed by atoms with Crippen molar-refractivity contribution in [3.05, 3.63) is 59.7 Å². The van der Waals surface area contributed by atoms with E-state index in [9.17, 15) is 18.7 Å². The molecule has 2 aromatic carbocycles. The molecule has 2 aliphatic rings. The molecule has 9 heteroatoms. The lowest BCUT2D eigenvalue weighted by Gasteiger charge is -2.39. The van der Waals surface area contributed by atoms with Crippen LogP contribution in [0.5, 0.6) is 11.5 Å². The maximum atomic E-state index is 13.6. The van der Waals surface area contributed by atoms with E-state index >= 15 is 0 Å². The van der Waals surface area contributed by atoms with E-state index in [0.717, 1.165) is 18.2 Å². The molecule has 31 heavy (non-hydrogen) atoms. The molecule has 7 nitrogen and oxygen atoms in total. The van der Waals surface area contributed by atoms with Crippen molar-refractivity contribution in [2.45, 2.75) is 18.2 Å². The van der Waals surface area contributed by atoms with Gasteiger partial charge in [-0.1, -0.05) is 12.1 Å². The highest BCUT2D eigenvalue weighted by Gasteiger charge is 2.33. The van der Waals surface area contributed by atoms with Crippen molar-refractivity contribution < 1.29 is 28.2 Å². The van der Waals surface area contributed by atoms with Crippen LogP contribution in [0.4, 0.5) is 8.78 Å². The number of nitrogens with zero attached hydrogens (tertiary/aromatic N) is 2. The van der Waals surface area contributed by atoms with Crippen LogP contribution in [0.3, 0.4) is 0 Å². The van der Waals surface area contributed by atoms with Gasteiger partial charge in [-0.15, -0.1) is 0 Å². The van der Waals surface area contributed by atoms with Crippen LogP contribution in [0.2, 0.25) is 0 Å². The summed E-state index contributed by atoms with van der Waals surface area (Å²) in [6, 6.07) is 9.43. The van der Waals surface area contributed by atoms with E-state index in [2.05, 4.69) is 4.90 Å². The fourth-order valence-electron chi connectivity index (χ4n) is 4.10. The summed E-state index contributed by atoms with van der Waals surface area (Å²) in [5.74, 6) is -0.899. The normalized spacial score (nSPS) is 21.5. The van der Waals surface area contributed by atoms with Crippen molar-refractivity contribution in [2.24, 2.45) is 5.73 Å². The number of amides is 1. The molecule has 0 spiro atoms. The molecular weight excluding hydrogens is 408 g/mol. The maximum absolute atomic E-state index is 13.6. The average Bonchev–Trinajstić information content (AvgIpc) is 2.74. The molecule has 1 saturated heterocycles. The predicted molar refractivity (Wildman–Crippen MR) is 109 cm³/mol. The standard InChI is InChI=1S/C22H25F2N3O4/c23-15-9-14(10-16(24)11-15)21(22(25)29)27-7-5-26(6-8-27)12-17(28)20-13-30-18-3-1-2-4-19(18)31-20/h1-4,9-11,17,20-21,28H,5-8,12-13H2,(H2,25,29). The first-order chi connectivity index (χ1) is 14.9. The number of para-hydroxylation sites is 2. The Bertz CT molecular complexity index is 916. The van der Waals surface area contributed by atoms with Gasteiger partial charge in [0.2, 0.25) is 5.91 Å². The van der Waals surface area contributed by atoms with Crippen LogP contribution in [-0.2, 0) is 4.79 Å². The average molecular weight is 433 g/mol. The largest absolute Gasteiger partial charge is 0.486 e. The summed E-state index contributed by atoms with van der Waals surface area (Å²) in [5.41, 5.74) is 5.74. The Morgan fingerprint density at radius 1 is 1.10 bits per heavy atom. The molecule has 3 N–H and O–H groups in total. The van der Waals surface area contributed by atoms with E-state index in [1.54, 1.807) is 11.0 Å². The van der Waals surface area contributed by atoms with Gasteiger partial charge in [0.05, 0.1) is 0 Å². The Morgan fingerprint density at radius 2 is 1.74 bits per heavy atom. The quantitative estimate of drug-likeness (QED) is 0.714. The summed E-state index contributed by atoms with van der Waals surface area (Å²) >= 11 is 0. The Balaban J connectivity index is 1.34. The zero-order valence-corrected chi connectivity index (χ0v) is 16.9. The lowest BCUT2D eigenvalue weighted by atomic mass is 10.0. The van der Waals surface area contributed by atoms with E-state index in [-0.39, 0.29) is 12.2 Å². The van der Waals surface area contributed by atoms with Crippen molar-refractivity contribution in [1.29, 1.82) is 0 Å². The Hall–Kier alpha value is -2.75. The Labute approximate surface area is 178 Å². The molecule has 2 aromatic rings. The van der Waals surface area contributed by atoms with Crippen LogP contribution in [-0.4, -0.2) is 72.4 Å². The van der Waals surface area contributed by atoms with Gasteiger partial charge in [0.25, 0.3) is 0 Å². The minimum atomic E-state index is -0.913. The molecule has 0 bridgehead atoms. The molecule has 2 heterocycles. The fourth-order valence-corrected chi connectivity index (χ4v) is 4.10. The van der Waals surface area contributed by atoms with Gasteiger partial charge in [-0.25, -0.2) is 8.78 Å². The van der Waals surface area contributed by atoms with Gasteiger partial charge in [0.15, 0.2) is 17.6 Å². The van der Waals surface area contributed by atoms with E-state index in [1.807, 2.05) is 18.2 Å². The number of fused-ring (bicyclic) bond motifs is 1. The first kappa shape index (κ1) is 21.5. The first-order valence-corrected chi connectivity index (χ1v) is 10.2. The minimum absolute atomic E-state index is 0.199. The second-order valence-corrected chi connectivity index (χ2v) is 7.83. The molecule has 0 saturated carbocycles. The number of hydrogen-bond donors (Lipinski definition) is 2. The van der Waals surface area contributed by atoms with Gasteiger partial charge in [-0.2, -0.15) is 0 Å².